The van der Waals surface area contributed by atoms with E-state index in [0.717, 1.165) is 24.5 Å². The smallest absolute Gasteiger partial charge is 0.233 e. The molecule has 1 amide bonds. The van der Waals surface area contributed by atoms with Gasteiger partial charge in [-0.25, -0.2) is 0 Å². The minimum absolute atomic E-state index is 0.127. The maximum atomic E-state index is 12.2. The number of rotatable bonds is 5. The van der Waals surface area contributed by atoms with E-state index in [9.17, 15) is 4.79 Å². The zero-order valence-corrected chi connectivity index (χ0v) is 13.6. The summed E-state index contributed by atoms with van der Waals surface area (Å²) < 4.78 is -0.932. The monoisotopic (exact) mass is 314 g/mol. The van der Waals surface area contributed by atoms with Crippen LogP contribution in [0.15, 0.2) is 24.3 Å². The lowest BCUT2D eigenvalue weighted by Gasteiger charge is -2.21. The van der Waals surface area contributed by atoms with Gasteiger partial charge in [0.15, 0.2) is 0 Å². The van der Waals surface area contributed by atoms with Crippen molar-refractivity contribution in [3.8, 4) is 0 Å². The third-order valence-electron chi connectivity index (χ3n) is 4.01. The van der Waals surface area contributed by atoms with Gasteiger partial charge in [0.1, 0.15) is 4.33 Å². The van der Waals surface area contributed by atoms with Crippen LogP contribution in [-0.2, 0) is 4.79 Å². The molecule has 1 aliphatic carbocycles. The molecule has 1 aromatic carbocycles. The van der Waals surface area contributed by atoms with Crippen molar-refractivity contribution in [1.29, 1.82) is 0 Å². The predicted octanol–water partition coefficient (Wildman–Crippen LogP) is 4.06. The van der Waals surface area contributed by atoms with Crippen LogP contribution in [0.1, 0.15) is 27.2 Å². The molecule has 1 atom stereocenters. The molecule has 1 aromatic rings. The van der Waals surface area contributed by atoms with E-state index in [1.54, 1.807) is 6.92 Å². The second kappa shape index (κ2) is 5.45. The van der Waals surface area contributed by atoms with E-state index >= 15 is 0 Å². The zero-order chi connectivity index (χ0) is 15.0. The van der Waals surface area contributed by atoms with Gasteiger partial charge in [-0.05, 0) is 51.5 Å². The first-order chi connectivity index (χ1) is 9.34. The van der Waals surface area contributed by atoms with Crippen LogP contribution in [0.5, 0.6) is 0 Å². The molecule has 0 aliphatic heterocycles. The number of benzene rings is 1. The molecule has 1 fully saturated rings. The Bertz CT molecular complexity index is 497. The van der Waals surface area contributed by atoms with Gasteiger partial charge in [-0.1, -0.05) is 0 Å². The molecular weight excluding hydrogens is 295 g/mol. The topological polar surface area (TPSA) is 32.3 Å². The Morgan fingerprint density at radius 3 is 2.15 bits per heavy atom. The summed E-state index contributed by atoms with van der Waals surface area (Å²) in [5.74, 6) is -0.127. The summed E-state index contributed by atoms with van der Waals surface area (Å²) in [6.45, 7) is 7.94. The van der Waals surface area contributed by atoms with E-state index in [0.29, 0.717) is 6.42 Å². The Labute approximate surface area is 130 Å². The van der Waals surface area contributed by atoms with Gasteiger partial charge in [0.25, 0.3) is 0 Å². The second-order valence-corrected chi connectivity index (χ2v) is 6.87. The lowest BCUT2D eigenvalue weighted by atomic mass is 10.1. The number of carbonyl (C=O) groups is 1. The molecular formula is C15H20Cl2N2O. The van der Waals surface area contributed by atoms with E-state index in [1.807, 2.05) is 24.3 Å². The van der Waals surface area contributed by atoms with Crippen LogP contribution in [0, 0.1) is 5.41 Å². The summed E-state index contributed by atoms with van der Waals surface area (Å²) in [4.78, 5) is 14.4. The first-order valence-electron chi connectivity index (χ1n) is 6.88. The molecule has 1 aliphatic rings. The Morgan fingerprint density at radius 1 is 1.25 bits per heavy atom. The molecule has 1 unspecified atom stereocenters. The second-order valence-electron chi connectivity index (χ2n) is 5.39. The molecule has 0 heterocycles. The van der Waals surface area contributed by atoms with E-state index in [1.165, 1.54) is 0 Å². The Morgan fingerprint density at radius 2 is 1.75 bits per heavy atom. The summed E-state index contributed by atoms with van der Waals surface area (Å²) >= 11 is 12.0. The summed E-state index contributed by atoms with van der Waals surface area (Å²) in [5, 5.41) is 2.88. The van der Waals surface area contributed by atoms with Gasteiger partial charge < -0.3 is 10.2 Å². The first kappa shape index (κ1) is 15.5. The minimum Gasteiger partial charge on any atom is -0.372 e. The third-order valence-corrected chi connectivity index (χ3v) is 5.11. The summed E-state index contributed by atoms with van der Waals surface area (Å²) in [7, 11) is 0. The van der Waals surface area contributed by atoms with Gasteiger partial charge in [-0.3, -0.25) is 4.79 Å². The van der Waals surface area contributed by atoms with Crippen molar-refractivity contribution in [3.05, 3.63) is 24.3 Å². The predicted molar refractivity (Wildman–Crippen MR) is 85.8 cm³/mol. The summed E-state index contributed by atoms with van der Waals surface area (Å²) in [5.41, 5.74) is 1.23. The van der Waals surface area contributed by atoms with Gasteiger partial charge in [-0.2, -0.15) is 0 Å². The molecule has 0 radical (unpaired) electrons. The lowest BCUT2D eigenvalue weighted by Crippen LogP contribution is -2.26. The van der Waals surface area contributed by atoms with Crippen molar-refractivity contribution in [2.45, 2.75) is 31.5 Å². The summed E-state index contributed by atoms with van der Waals surface area (Å²) in [6, 6.07) is 7.82. The molecule has 1 N–H and O–H groups in total. The molecule has 0 saturated heterocycles. The van der Waals surface area contributed by atoms with Gasteiger partial charge >= 0.3 is 0 Å². The zero-order valence-electron chi connectivity index (χ0n) is 12.0. The van der Waals surface area contributed by atoms with Crippen LogP contribution in [0.2, 0.25) is 0 Å². The quantitative estimate of drug-likeness (QED) is 0.831. The van der Waals surface area contributed by atoms with Crippen molar-refractivity contribution in [2.24, 2.45) is 5.41 Å². The average Bonchev–Trinajstić information content (AvgIpc) is 2.93. The highest BCUT2D eigenvalue weighted by molar-refractivity contribution is 6.53. The van der Waals surface area contributed by atoms with Crippen LogP contribution in [0.4, 0.5) is 11.4 Å². The Kier molecular flexibility index (Phi) is 4.22. The van der Waals surface area contributed by atoms with E-state index < -0.39 is 9.75 Å². The highest BCUT2D eigenvalue weighted by Gasteiger charge is 2.67. The number of hydrogen-bond acceptors (Lipinski definition) is 2. The number of nitrogens with one attached hydrogen (secondary N) is 1. The van der Waals surface area contributed by atoms with Gasteiger partial charge in [-0.15, -0.1) is 23.2 Å². The third kappa shape index (κ3) is 2.75. The van der Waals surface area contributed by atoms with Crippen molar-refractivity contribution in [1.82, 2.24) is 0 Å². The Balaban J connectivity index is 2.03. The van der Waals surface area contributed by atoms with Crippen LogP contribution in [0.25, 0.3) is 0 Å². The largest absolute Gasteiger partial charge is 0.372 e. The number of carbonyl (C=O) groups excluding carboxylic acids is 1. The molecule has 110 valence electrons. The number of nitrogens with zero attached hydrogens (tertiary/aromatic N) is 1. The van der Waals surface area contributed by atoms with Gasteiger partial charge in [0, 0.05) is 24.5 Å². The summed E-state index contributed by atoms with van der Waals surface area (Å²) in [6.07, 6.45) is 0.493. The van der Waals surface area contributed by atoms with Crippen LogP contribution in [-0.4, -0.2) is 23.3 Å². The van der Waals surface area contributed by atoms with Crippen molar-refractivity contribution in [3.63, 3.8) is 0 Å². The number of hydrogen-bond donors (Lipinski definition) is 1. The van der Waals surface area contributed by atoms with E-state index in [2.05, 4.69) is 24.1 Å². The molecule has 0 aromatic heterocycles. The number of halogens is 2. The first-order valence-corrected chi connectivity index (χ1v) is 7.64. The standard InChI is InChI=1S/C15H20Cl2N2O/c1-4-19(5-2)12-8-6-11(7-9-12)18-13(20)14(3)10-15(14,16)17/h6-9H,4-5,10H2,1-3H3,(H,18,20). The number of alkyl halides is 2. The van der Waals surface area contributed by atoms with Crippen molar-refractivity contribution in [2.75, 3.05) is 23.3 Å². The van der Waals surface area contributed by atoms with Crippen molar-refractivity contribution >= 4 is 40.5 Å². The fraction of sp³-hybridized carbons (Fsp3) is 0.533. The molecule has 0 spiro atoms. The van der Waals surface area contributed by atoms with E-state index in [4.69, 9.17) is 23.2 Å². The SMILES string of the molecule is CCN(CC)c1ccc(NC(=O)C2(C)CC2(Cl)Cl)cc1. The molecule has 5 heteroatoms. The van der Waals surface area contributed by atoms with Crippen LogP contribution >= 0.6 is 23.2 Å². The molecule has 20 heavy (non-hydrogen) atoms. The maximum absolute atomic E-state index is 12.2. The molecule has 0 bridgehead atoms. The Hall–Kier alpha value is -0.930. The number of amides is 1. The van der Waals surface area contributed by atoms with Gasteiger partial charge in [0.05, 0.1) is 5.41 Å². The molecule has 2 rings (SSSR count). The van der Waals surface area contributed by atoms with Crippen LogP contribution < -0.4 is 10.2 Å². The highest BCUT2D eigenvalue weighted by Crippen LogP contribution is 2.64. The fourth-order valence-corrected chi connectivity index (χ4v) is 2.97. The highest BCUT2D eigenvalue weighted by atomic mass is 35.5. The maximum Gasteiger partial charge on any atom is 0.233 e. The fourth-order valence-electron chi connectivity index (χ4n) is 2.26. The minimum atomic E-state index is -0.932. The average molecular weight is 315 g/mol. The van der Waals surface area contributed by atoms with Crippen LogP contribution in [0.3, 0.4) is 0 Å². The molecule has 1 saturated carbocycles. The van der Waals surface area contributed by atoms with E-state index in [-0.39, 0.29) is 5.91 Å². The number of anilines is 2. The normalized spacial score (nSPS) is 23.2. The lowest BCUT2D eigenvalue weighted by molar-refractivity contribution is -0.120. The van der Waals surface area contributed by atoms with Gasteiger partial charge in [0.2, 0.25) is 5.91 Å². The van der Waals surface area contributed by atoms with Crippen molar-refractivity contribution < 1.29 is 4.79 Å². The molecule has 3 nitrogen and oxygen atoms in total.